The Morgan fingerprint density at radius 1 is 1.04 bits per heavy atom. The third-order valence-electron chi connectivity index (χ3n) is 4.11. The van der Waals surface area contributed by atoms with Gasteiger partial charge in [-0.3, -0.25) is 4.79 Å². The van der Waals surface area contributed by atoms with Crippen LogP contribution in [-0.4, -0.2) is 17.7 Å². The SMILES string of the molecule is O=C(NCc1ccc2c(c1)OCO2)c1ccc(Nc2ccc(F)cc2F)nc1. The van der Waals surface area contributed by atoms with Crippen LogP contribution in [0.15, 0.2) is 54.7 Å². The lowest BCUT2D eigenvalue weighted by molar-refractivity contribution is 0.0950. The highest BCUT2D eigenvalue weighted by molar-refractivity contribution is 5.94. The summed E-state index contributed by atoms with van der Waals surface area (Å²) in [7, 11) is 0. The molecule has 2 aromatic carbocycles. The lowest BCUT2D eigenvalue weighted by Crippen LogP contribution is -2.22. The van der Waals surface area contributed by atoms with Crippen molar-refractivity contribution < 1.29 is 23.0 Å². The van der Waals surface area contributed by atoms with E-state index in [-0.39, 0.29) is 18.4 Å². The average molecular weight is 383 g/mol. The van der Waals surface area contributed by atoms with Crippen LogP contribution in [0.5, 0.6) is 11.5 Å². The Morgan fingerprint density at radius 2 is 1.89 bits per heavy atom. The van der Waals surface area contributed by atoms with Crippen molar-refractivity contribution in [2.75, 3.05) is 12.1 Å². The molecule has 0 spiro atoms. The van der Waals surface area contributed by atoms with Gasteiger partial charge in [0.1, 0.15) is 17.5 Å². The molecular weight excluding hydrogens is 368 g/mol. The van der Waals surface area contributed by atoms with Crippen molar-refractivity contribution in [3.05, 3.63) is 77.5 Å². The topological polar surface area (TPSA) is 72.5 Å². The first-order valence-electron chi connectivity index (χ1n) is 8.43. The summed E-state index contributed by atoms with van der Waals surface area (Å²) in [6.45, 7) is 0.509. The summed E-state index contributed by atoms with van der Waals surface area (Å²) in [6, 6.07) is 11.7. The van der Waals surface area contributed by atoms with Gasteiger partial charge in [-0.1, -0.05) is 6.07 Å². The minimum absolute atomic E-state index is 0.0916. The fourth-order valence-corrected chi connectivity index (χ4v) is 2.67. The highest BCUT2D eigenvalue weighted by Gasteiger charge is 2.14. The molecular formula is C20H15F2N3O3. The number of halogens is 2. The molecule has 1 amide bonds. The molecule has 0 atom stereocenters. The van der Waals surface area contributed by atoms with Gasteiger partial charge in [0.15, 0.2) is 11.5 Å². The Hall–Kier alpha value is -3.68. The normalized spacial score (nSPS) is 11.9. The first kappa shape index (κ1) is 17.7. The number of pyridine rings is 1. The van der Waals surface area contributed by atoms with E-state index in [1.165, 1.54) is 18.3 Å². The molecule has 142 valence electrons. The van der Waals surface area contributed by atoms with Gasteiger partial charge in [-0.2, -0.15) is 0 Å². The number of carbonyl (C=O) groups excluding carboxylic acids is 1. The predicted octanol–water partition coefficient (Wildman–Crippen LogP) is 3.76. The number of fused-ring (bicyclic) bond motifs is 1. The number of benzene rings is 2. The molecule has 8 heteroatoms. The lowest BCUT2D eigenvalue weighted by Gasteiger charge is -2.09. The van der Waals surface area contributed by atoms with Crippen molar-refractivity contribution in [1.82, 2.24) is 10.3 Å². The quantitative estimate of drug-likeness (QED) is 0.702. The van der Waals surface area contributed by atoms with Crippen molar-refractivity contribution in [3.8, 4) is 11.5 Å². The molecule has 6 nitrogen and oxygen atoms in total. The second-order valence-electron chi connectivity index (χ2n) is 6.05. The Bertz CT molecular complexity index is 1030. The summed E-state index contributed by atoms with van der Waals surface area (Å²) in [5.41, 5.74) is 1.32. The van der Waals surface area contributed by atoms with E-state index < -0.39 is 11.6 Å². The van der Waals surface area contributed by atoms with Gasteiger partial charge in [0.05, 0.1) is 11.3 Å². The van der Waals surface area contributed by atoms with E-state index in [0.29, 0.717) is 29.4 Å². The lowest BCUT2D eigenvalue weighted by atomic mass is 10.2. The Labute approximate surface area is 159 Å². The van der Waals surface area contributed by atoms with E-state index in [1.807, 2.05) is 12.1 Å². The predicted molar refractivity (Wildman–Crippen MR) is 97.6 cm³/mol. The van der Waals surface area contributed by atoms with Crippen molar-refractivity contribution >= 4 is 17.4 Å². The van der Waals surface area contributed by atoms with Crippen LogP contribution in [0.4, 0.5) is 20.3 Å². The van der Waals surface area contributed by atoms with Crippen LogP contribution < -0.4 is 20.1 Å². The van der Waals surface area contributed by atoms with Crippen LogP contribution in [0, 0.1) is 11.6 Å². The van der Waals surface area contributed by atoms with Gasteiger partial charge in [0.25, 0.3) is 5.91 Å². The highest BCUT2D eigenvalue weighted by atomic mass is 19.1. The van der Waals surface area contributed by atoms with E-state index in [4.69, 9.17) is 9.47 Å². The maximum Gasteiger partial charge on any atom is 0.253 e. The standard InChI is InChI=1S/C20H15F2N3O3/c21-14-3-4-16(15(22)8-14)25-19-6-2-13(10-23-19)20(26)24-9-12-1-5-17-18(7-12)28-11-27-17/h1-8,10H,9,11H2,(H,23,25)(H,24,26). The van der Waals surface area contributed by atoms with E-state index in [1.54, 1.807) is 12.1 Å². The van der Waals surface area contributed by atoms with Gasteiger partial charge in [0.2, 0.25) is 6.79 Å². The van der Waals surface area contributed by atoms with Gasteiger partial charge in [-0.15, -0.1) is 0 Å². The van der Waals surface area contributed by atoms with Crippen molar-refractivity contribution in [2.45, 2.75) is 6.54 Å². The molecule has 3 aromatic rings. The van der Waals surface area contributed by atoms with E-state index >= 15 is 0 Å². The molecule has 1 aromatic heterocycles. The van der Waals surface area contributed by atoms with Crippen LogP contribution in [-0.2, 0) is 6.54 Å². The van der Waals surface area contributed by atoms with Crippen LogP contribution in [0.2, 0.25) is 0 Å². The Morgan fingerprint density at radius 3 is 2.68 bits per heavy atom. The first-order valence-corrected chi connectivity index (χ1v) is 8.43. The van der Waals surface area contributed by atoms with E-state index in [2.05, 4.69) is 15.6 Å². The summed E-state index contributed by atoms with van der Waals surface area (Å²) >= 11 is 0. The number of nitrogens with one attached hydrogen (secondary N) is 2. The van der Waals surface area contributed by atoms with Crippen molar-refractivity contribution in [1.29, 1.82) is 0 Å². The third kappa shape index (κ3) is 3.85. The molecule has 28 heavy (non-hydrogen) atoms. The smallest absolute Gasteiger partial charge is 0.253 e. The largest absolute Gasteiger partial charge is 0.454 e. The first-order chi connectivity index (χ1) is 13.6. The second kappa shape index (κ2) is 7.51. The second-order valence-corrected chi connectivity index (χ2v) is 6.05. The van der Waals surface area contributed by atoms with Crippen LogP contribution in [0.25, 0.3) is 0 Å². The zero-order chi connectivity index (χ0) is 19.5. The minimum Gasteiger partial charge on any atom is -0.454 e. The summed E-state index contributed by atoms with van der Waals surface area (Å²) in [6.07, 6.45) is 1.37. The number of hydrogen-bond donors (Lipinski definition) is 2. The summed E-state index contributed by atoms with van der Waals surface area (Å²) in [5.74, 6) is -0.0304. The molecule has 2 heterocycles. The number of nitrogens with zero attached hydrogens (tertiary/aromatic N) is 1. The average Bonchev–Trinajstić information content (AvgIpc) is 3.17. The van der Waals surface area contributed by atoms with Gasteiger partial charge in [0, 0.05) is 18.8 Å². The molecule has 1 aliphatic heterocycles. The number of ether oxygens (including phenoxy) is 2. The Kier molecular flexibility index (Phi) is 4.76. The summed E-state index contributed by atoms with van der Waals surface area (Å²) in [5, 5.41) is 5.53. The number of hydrogen-bond acceptors (Lipinski definition) is 5. The summed E-state index contributed by atoms with van der Waals surface area (Å²) < 4.78 is 37.2. The number of amides is 1. The fraction of sp³-hybridized carbons (Fsp3) is 0.100. The molecule has 4 rings (SSSR count). The fourth-order valence-electron chi connectivity index (χ4n) is 2.67. The number of rotatable bonds is 5. The Balaban J connectivity index is 1.37. The molecule has 0 unspecified atom stereocenters. The molecule has 0 saturated carbocycles. The molecule has 0 radical (unpaired) electrons. The van der Waals surface area contributed by atoms with Crippen LogP contribution in [0.3, 0.4) is 0 Å². The van der Waals surface area contributed by atoms with E-state index in [9.17, 15) is 13.6 Å². The molecule has 0 saturated heterocycles. The minimum atomic E-state index is -0.729. The van der Waals surface area contributed by atoms with Crippen molar-refractivity contribution in [3.63, 3.8) is 0 Å². The molecule has 0 aliphatic carbocycles. The van der Waals surface area contributed by atoms with E-state index in [0.717, 1.165) is 17.7 Å². The number of carbonyl (C=O) groups is 1. The van der Waals surface area contributed by atoms with Gasteiger partial charge in [-0.05, 0) is 42.0 Å². The molecule has 0 fully saturated rings. The maximum atomic E-state index is 13.7. The number of anilines is 2. The third-order valence-corrected chi connectivity index (χ3v) is 4.11. The molecule has 0 bridgehead atoms. The maximum absolute atomic E-state index is 13.7. The highest BCUT2D eigenvalue weighted by Crippen LogP contribution is 2.32. The van der Waals surface area contributed by atoms with Gasteiger partial charge >= 0.3 is 0 Å². The van der Waals surface area contributed by atoms with Crippen LogP contribution in [0.1, 0.15) is 15.9 Å². The zero-order valence-electron chi connectivity index (χ0n) is 14.5. The molecule has 1 aliphatic rings. The number of aromatic nitrogens is 1. The molecule has 2 N–H and O–H groups in total. The van der Waals surface area contributed by atoms with Crippen LogP contribution >= 0.6 is 0 Å². The van der Waals surface area contributed by atoms with Gasteiger partial charge < -0.3 is 20.1 Å². The summed E-state index contributed by atoms with van der Waals surface area (Å²) in [4.78, 5) is 16.4. The van der Waals surface area contributed by atoms with Crippen molar-refractivity contribution in [2.24, 2.45) is 0 Å². The monoisotopic (exact) mass is 383 g/mol. The zero-order valence-corrected chi connectivity index (χ0v) is 14.5. The van der Waals surface area contributed by atoms with Gasteiger partial charge in [-0.25, -0.2) is 13.8 Å².